The molecule has 2 rings (SSSR count). The number of benzene rings is 1. The lowest BCUT2D eigenvalue weighted by Crippen LogP contribution is -2.25. The Hall–Kier alpha value is -2.01. The van der Waals surface area contributed by atoms with Crippen LogP contribution in [-0.2, 0) is 24.8 Å². The van der Waals surface area contributed by atoms with E-state index in [0.29, 0.717) is 18.7 Å². The zero-order chi connectivity index (χ0) is 14.7. The molecule has 0 aliphatic rings. The molecular formula is C15H21ClN4O. The number of anilines is 1. The molecule has 0 aliphatic heterocycles. The lowest BCUT2D eigenvalue weighted by atomic mass is 10.1. The van der Waals surface area contributed by atoms with Crippen molar-refractivity contribution in [3.63, 3.8) is 0 Å². The Bertz CT molecular complexity index is 619. The number of aryl methyl sites for hydroxylation is 2. The maximum Gasteiger partial charge on any atom is 0.224 e. The summed E-state index contributed by atoms with van der Waals surface area (Å²) in [7, 11) is 1.90. The number of amides is 1. The minimum absolute atomic E-state index is 0. The SMILES string of the molecule is Cc1nn(C)c(C)c1CNC(=O)Cc1ccc(N)cc1.Cl. The van der Waals surface area contributed by atoms with Gasteiger partial charge in [0.25, 0.3) is 0 Å². The maximum absolute atomic E-state index is 11.9. The van der Waals surface area contributed by atoms with Crippen LogP contribution < -0.4 is 11.1 Å². The molecule has 0 saturated carbocycles. The van der Waals surface area contributed by atoms with Gasteiger partial charge in [-0.1, -0.05) is 12.1 Å². The van der Waals surface area contributed by atoms with Crippen LogP contribution in [0.1, 0.15) is 22.5 Å². The minimum Gasteiger partial charge on any atom is -0.399 e. The molecule has 2 aromatic rings. The van der Waals surface area contributed by atoms with E-state index in [1.807, 2.05) is 37.7 Å². The normalized spacial score (nSPS) is 10.0. The predicted molar refractivity (Wildman–Crippen MR) is 86.3 cm³/mol. The van der Waals surface area contributed by atoms with E-state index >= 15 is 0 Å². The van der Waals surface area contributed by atoms with Gasteiger partial charge in [0, 0.05) is 30.5 Å². The molecule has 1 aromatic heterocycles. The van der Waals surface area contributed by atoms with E-state index < -0.39 is 0 Å². The summed E-state index contributed by atoms with van der Waals surface area (Å²) in [6.07, 6.45) is 0.360. The van der Waals surface area contributed by atoms with Gasteiger partial charge in [0.05, 0.1) is 12.1 Å². The first-order chi connectivity index (χ1) is 9.47. The zero-order valence-corrected chi connectivity index (χ0v) is 13.3. The Morgan fingerprint density at radius 3 is 2.43 bits per heavy atom. The van der Waals surface area contributed by atoms with Crippen LogP contribution in [-0.4, -0.2) is 15.7 Å². The Morgan fingerprint density at radius 2 is 1.90 bits per heavy atom. The monoisotopic (exact) mass is 308 g/mol. The second-order valence-electron chi connectivity index (χ2n) is 4.97. The first kappa shape index (κ1) is 17.0. The number of carbonyl (C=O) groups is 1. The predicted octanol–water partition coefficient (Wildman–Crippen LogP) is 1.90. The van der Waals surface area contributed by atoms with Gasteiger partial charge in [0.15, 0.2) is 0 Å². The van der Waals surface area contributed by atoms with Gasteiger partial charge < -0.3 is 11.1 Å². The molecular weight excluding hydrogens is 288 g/mol. The zero-order valence-electron chi connectivity index (χ0n) is 12.5. The lowest BCUT2D eigenvalue weighted by molar-refractivity contribution is -0.120. The topological polar surface area (TPSA) is 72.9 Å². The van der Waals surface area contributed by atoms with Crippen LogP contribution in [0.2, 0.25) is 0 Å². The molecule has 0 bridgehead atoms. The van der Waals surface area contributed by atoms with Crippen molar-refractivity contribution in [2.45, 2.75) is 26.8 Å². The van der Waals surface area contributed by atoms with Crippen molar-refractivity contribution in [3.05, 3.63) is 46.8 Å². The summed E-state index contributed by atoms with van der Waals surface area (Å²) in [5, 5.41) is 7.27. The Balaban J connectivity index is 0.00000220. The maximum atomic E-state index is 11.9. The van der Waals surface area contributed by atoms with Crippen LogP contribution in [0.25, 0.3) is 0 Å². The van der Waals surface area contributed by atoms with Crippen LogP contribution in [0.3, 0.4) is 0 Å². The summed E-state index contributed by atoms with van der Waals surface area (Å²) >= 11 is 0. The van der Waals surface area contributed by atoms with Gasteiger partial charge in [0.1, 0.15) is 0 Å². The molecule has 21 heavy (non-hydrogen) atoms. The molecule has 1 amide bonds. The molecule has 0 radical (unpaired) electrons. The number of halogens is 1. The third-order valence-electron chi connectivity index (χ3n) is 3.47. The van der Waals surface area contributed by atoms with Gasteiger partial charge in [-0.3, -0.25) is 9.48 Å². The molecule has 1 heterocycles. The first-order valence-electron chi connectivity index (χ1n) is 6.57. The first-order valence-corrected chi connectivity index (χ1v) is 6.57. The second kappa shape index (κ2) is 7.13. The van der Waals surface area contributed by atoms with Crippen molar-refractivity contribution in [1.82, 2.24) is 15.1 Å². The van der Waals surface area contributed by atoms with Gasteiger partial charge in [-0.2, -0.15) is 5.10 Å². The number of aromatic nitrogens is 2. The van der Waals surface area contributed by atoms with E-state index in [1.165, 1.54) is 0 Å². The van der Waals surface area contributed by atoms with Crippen LogP contribution in [0.4, 0.5) is 5.69 Å². The number of nitrogen functional groups attached to an aromatic ring is 1. The van der Waals surface area contributed by atoms with Gasteiger partial charge >= 0.3 is 0 Å². The molecule has 0 fully saturated rings. The average molecular weight is 309 g/mol. The van der Waals surface area contributed by atoms with Crippen molar-refractivity contribution in [3.8, 4) is 0 Å². The van der Waals surface area contributed by atoms with E-state index in [9.17, 15) is 4.79 Å². The van der Waals surface area contributed by atoms with E-state index in [2.05, 4.69) is 10.4 Å². The number of hydrogen-bond acceptors (Lipinski definition) is 3. The largest absolute Gasteiger partial charge is 0.399 e. The van der Waals surface area contributed by atoms with Crippen LogP contribution >= 0.6 is 12.4 Å². The number of nitrogens with two attached hydrogens (primary N) is 1. The molecule has 6 heteroatoms. The van der Waals surface area contributed by atoms with Crippen molar-refractivity contribution in [2.24, 2.45) is 7.05 Å². The van der Waals surface area contributed by atoms with E-state index in [1.54, 1.807) is 12.1 Å². The third kappa shape index (κ3) is 4.23. The lowest BCUT2D eigenvalue weighted by Gasteiger charge is -2.06. The Kier molecular flexibility index (Phi) is 5.79. The fourth-order valence-corrected chi connectivity index (χ4v) is 2.14. The summed E-state index contributed by atoms with van der Waals surface area (Å²) in [5.41, 5.74) is 10.4. The summed E-state index contributed by atoms with van der Waals surface area (Å²) in [5.74, 6) is -0.00238. The number of hydrogen-bond donors (Lipinski definition) is 2. The van der Waals surface area contributed by atoms with Gasteiger partial charge in [0.2, 0.25) is 5.91 Å². The number of rotatable bonds is 4. The third-order valence-corrected chi connectivity index (χ3v) is 3.47. The fraction of sp³-hybridized carbons (Fsp3) is 0.333. The van der Waals surface area contributed by atoms with Crippen molar-refractivity contribution >= 4 is 24.0 Å². The molecule has 3 N–H and O–H groups in total. The van der Waals surface area contributed by atoms with Crippen molar-refractivity contribution in [1.29, 1.82) is 0 Å². The summed E-state index contributed by atoms with van der Waals surface area (Å²) < 4.78 is 1.83. The Morgan fingerprint density at radius 1 is 1.29 bits per heavy atom. The molecule has 0 spiro atoms. The average Bonchev–Trinajstić information content (AvgIpc) is 2.64. The standard InChI is InChI=1S/C15H20N4O.ClH/c1-10-14(11(2)19(3)18-10)9-17-15(20)8-12-4-6-13(16)7-5-12;/h4-7H,8-9,16H2,1-3H3,(H,17,20);1H. The molecule has 0 atom stereocenters. The number of nitrogens with zero attached hydrogens (tertiary/aromatic N) is 2. The highest BCUT2D eigenvalue weighted by molar-refractivity contribution is 5.85. The van der Waals surface area contributed by atoms with E-state index in [4.69, 9.17) is 5.73 Å². The summed E-state index contributed by atoms with van der Waals surface area (Å²) in [6.45, 7) is 4.47. The quantitative estimate of drug-likeness (QED) is 0.847. The van der Waals surface area contributed by atoms with Crippen LogP contribution in [0, 0.1) is 13.8 Å². The van der Waals surface area contributed by atoms with E-state index in [-0.39, 0.29) is 18.3 Å². The second-order valence-corrected chi connectivity index (χ2v) is 4.97. The Labute approximate surface area is 130 Å². The van der Waals surface area contributed by atoms with Gasteiger partial charge in [-0.15, -0.1) is 12.4 Å². The van der Waals surface area contributed by atoms with Crippen molar-refractivity contribution in [2.75, 3.05) is 5.73 Å². The van der Waals surface area contributed by atoms with Gasteiger partial charge in [-0.25, -0.2) is 0 Å². The highest BCUT2D eigenvalue weighted by Crippen LogP contribution is 2.11. The molecule has 0 saturated heterocycles. The summed E-state index contributed by atoms with van der Waals surface area (Å²) in [4.78, 5) is 11.9. The smallest absolute Gasteiger partial charge is 0.224 e. The summed E-state index contributed by atoms with van der Waals surface area (Å²) in [6, 6.07) is 7.35. The van der Waals surface area contributed by atoms with Crippen molar-refractivity contribution < 1.29 is 4.79 Å². The molecule has 0 aliphatic carbocycles. The fourth-order valence-electron chi connectivity index (χ4n) is 2.14. The molecule has 114 valence electrons. The van der Waals surface area contributed by atoms with Crippen LogP contribution in [0.15, 0.2) is 24.3 Å². The van der Waals surface area contributed by atoms with Gasteiger partial charge in [-0.05, 0) is 31.5 Å². The minimum atomic E-state index is -0.00238. The molecule has 5 nitrogen and oxygen atoms in total. The van der Waals surface area contributed by atoms with E-state index in [0.717, 1.165) is 22.5 Å². The highest BCUT2D eigenvalue weighted by Gasteiger charge is 2.10. The highest BCUT2D eigenvalue weighted by atomic mass is 35.5. The number of nitrogens with one attached hydrogen (secondary N) is 1. The number of carbonyl (C=O) groups excluding carboxylic acids is 1. The van der Waals surface area contributed by atoms with Crippen LogP contribution in [0.5, 0.6) is 0 Å². The molecule has 1 aromatic carbocycles. The molecule has 0 unspecified atom stereocenters.